The molecule has 0 heterocycles. The molecule has 10 heavy (non-hydrogen) atoms. The van der Waals surface area contributed by atoms with Crippen molar-refractivity contribution in [2.24, 2.45) is 0 Å². The molecule has 0 aliphatic heterocycles. The summed E-state index contributed by atoms with van der Waals surface area (Å²) in [6.45, 7) is 1.85. The summed E-state index contributed by atoms with van der Waals surface area (Å²) >= 11 is 0. The molecule has 0 saturated heterocycles. The minimum absolute atomic E-state index is 0.233. The van der Waals surface area contributed by atoms with E-state index in [9.17, 15) is 0 Å². The van der Waals surface area contributed by atoms with Crippen LogP contribution in [0.25, 0.3) is 0 Å². The summed E-state index contributed by atoms with van der Waals surface area (Å²) in [4.78, 5) is 0. The molecular formula is C6H18N2O2. The Morgan fingerprint density at radius 2 is 1.20 bits per heavy atom. The lowest BCUT2D eigenvalue weighted by molar-refractivity contribution is 0.296. The summed E-state index contributed by atoms with van der Waals surface area (Å²) < 4.78 is 0. The zero-order valence-corrected chi connectivity index (χ0v) is 6.72. The van der Waals surface area contributed by atoms with E-state index in [1.807, 2.05) is 0 Å². The molecule has 0 saturated carbocycles. The van der Waals surface area contributed by atoms with Crippen LogP contribution < -0.4 is 10.6 Å². The predicted octanol–water partition coefficient (Wildman–Crippen LogP) is -1.60. The Bertz CT molecular complexity index is 34.7. The molecule has 0 aliphatic rings. The Morgan fingerprint density at radius 1 is 0.900 bits per heavy atom. The molecule has 0 spiro atoms. The zero-order chi connectivity index (χ0) is 8.24. The molecule has 0 aliphatic carbocycles. The number of aliphatic hydroxyl groups is 2. The third kappa shape index (κ3) is 24.9. The second-order valence-corrected chi connectivity index (χ2v) is 1.65. The SMILES string of the molecule is CNCCO.CNCCO. The molecule has 4 nitrogen and oxygen atoms in total. The van der Waals surface area contributed by atoms with Crippen LogP contribution >= 0.6 is 0 Å². The number of rotatable bonds is 4. The standard InChI is InChI=1S/2C3H9NO/c2*1-4-2-3-5/h2*4-5H,2-3H2,1H3. The van der Waals surface area contributed by atoms with Gasteiger partial charge in [-0.2, -0.15) is 0 Å². The summed E-state index contributed by atoms with van der Waals surface area (Å²) in [6, 6.07) is 0. The smallest absolute Gasteiger partial charge is 0.0555 e. The van der Waals surface area contributed by atoms with Crippen LogP contribution in [0.4, 0.5) is 0 Å². The largest absolute Gasteiger partial charge is 0.395 e. The molecule has 0 rings (SSSR count). The molecule has 0 aromatic heterocycles. The third-order valence-electron chi connectivity index (χ3n) is 0.724. The van der Waals surface area contributed by atoms with Crippen molar-refractivity contribution in [3.63, 3.8) is 0 Å². The second-order valence-electron chi connectivity index (χ2n) is 1.65. The van der Waals surface area contributed by atoms with Gasteiger partial charge in [-0.3, -0.25) is 0 Å². The average molecular weight is 150 g/mol. The number of nitrogens with one attached hydrogen (secondary N) is 2. The summed E-state index contributed by atoms with van der Waals surface area (Å²) in [7, 11) is 3.60. The van der Waals surface area contributed by atoms with Crippen molar-refractivity contribution in [3.05, 3.63) is 0 Å². The fourth-order valence-corrected chi connectivity index (χ4v) is 0.224. The van der Waals surface area contributed by atoms with Gasteiger partial charge in [0.1, 0.15) is 0 Å². The van der Waals surface area contributed by atoms with E-state index in [1.54, 1.807) is 14.1 Å². The number of likely N-dealkylation sites (N-methyl/N-ethyl adjacent to an activating group) is 2. The first-order chi connectivity index (χ1) is 4.83. The van der Waals surface area contributed by atoms with Gasteiger partial charge >= 0.3 is 0 Å². The quantitative estimate of drug-likeness (QED) is 0.389. The monoisotopic (exact) mass is 150 g/mol. The summed E-state index contributed by atoms with van der Waals surface area (Å²) in [5.41, 5.74) is 0. The van der Waals surface area contributed by atoms with E-state index < -0.39 is 0 Å². The van der Waals surface area contributed by atoms with Crippen molar-refractivity contribution < 1.29 is 10.2 Å². The number of hydrogen-bond acceptors (Lipinski definition) is 4. The van der Waals surface area contributed by atoms with E-state index >= 15 is 0 Å². The highest BCUT2D eigenvalue weighted by Gasteiger charge is 1.66. The Kier molecular flexibility index (Phi) is 19.9. The van der Waals surface area contributed by atoms with E-state index in [-0.39, 0.29) is 13.2 Å². The van der Waals surface area contributed by atoms with Crippen LogP contribution in [-0.2, 0) is 0 Å². The van der Waals surface area contributed by atoms with Gasteiger partial charge in [0.15, 0.2) is 0 Å². The van der Waals surface area contributed by atoms with E-state index in [4.69, 9.17) is 10.2 Å². The van der Waals surface area contributed by atoms with Crippen LogP contribution in [-0.4, -0.2) is 50.6 Å². The maximum absolute atomic E-state index is 8.00. The molecular weight excluding hydrogens is 132 g/mol. The molecule has 4 N–H and O–H groups in total. The van der Waals surface area contributed by atoms with E-state index in [1.165, 1.54) is 0 Å². The minimum atomic E-state index is 0.233. The highest BCUT2D eigenvalue weighted by molar-refractivity contribution is 4.27. The highest BCUT2D eigenvalue weighted by atomic mass is 16.3. The van der Waals surface area contributed by atoms with Gasteiger partial charge in [0.05, 0.1) is 13.2 Å². The van der Waals surface area contributed by atoms with Gasteiger partial charge in [0.25, 0.3) is 0 Å². The van der Waals surface area contributed by atoms with Crippen molar-refractivity contribution in [3.8, 4) is 0 Å². The van der Waals surface area contributed by atoms with Crippen molar-refractivity contribution in [1.29, 1.82) is 0 Å². The molecule has 0 aromatic carbocycles. The summed E-state index contributed by atoms with van der Waals surface area (Å²) in [5, 5.41) is 21.5. The molecule has 0 unspecified atom stereocenters. The van der Waals surface area contributed by atoms with Crippen molar-refractivity contribution in [2.45, 2.75) is 0 Å². The van der Waals surface area contributed by atoms with Gasteiger partial charge in [0.2, 0.25) is 0 Å². The summed E-state index contributed by atoms with van der Waals surface area (Å²) in [5.74, 6) is 0. The van der Waals surface area contributed by atoms with Gasteiger partial charge in [-0.05, 0) is 14.1 Å². The topological polar surface area (TPSA) is 64.5 Å². The van der Waals surface area contributed by atoms with E-state index in [2.05, 4.69) is 10.6 Å². The first-order valence-electron chi connectivity index (χ1n) is 3.34. The second kappa shape index (κ2) is 15.9. The highest BCUT2D eigenvalue weighted by Crippen LogP contribution is 1.43. The molecule has 4 heteroatoms. The summed E-state index contributed by atoms with van der Waals surface area (Å²) in [6.07, 6.45) is 0. The number of aliphatic hydroxyl groups excluding tert-OH is 2. The van der Waals surface area contributed by atoms with Crippen LogP contribution in [0.2, 0.25) is 0 Å². The Labute approximate surface area is 62.3 Å². The van der Waals surface area contributed by atoms with Crippen LogP contribution in [0.5, 0.6) is 0 Å². The molecule has 0 fully saturated rings. The van der Waals surface area contributed by atoms with Crippen molar-refractivity contribution in [1.82, 2.24) is 10.6 Å². The Morgan fingerprint density at radius 3 is 1.20 bits per heavy atom. The maximum atomic E-state index is 8.00. The van der Waals surface area contributed by atoms with Crippen molar-refractivity contribution in [2.75, 3.05) is 40.4 Å². The molecule has 0 bridgehead atoms. The predicted molar refractivity (Wildman–Crippen MR) is 42.0 cm³/mol. The fraction of sp³-hybridized carbons (Fsp3) is 1.00. The maximum Gasteiger partial charge on any atom is 0.0555 e. The first kappa shape index (κ1) is 12.5. The first-order valence-corrected chi connectivity index (χ1v) is 3.34. The van der Waals surface area contributed by atoms with E-state index in [0.29, 0.717) is 13.1 Å². The molecule has 0 radical (unpaired) electrons. The number of hydrogen-bond donors (Lipinski definition) is 4. The lowest BCUT2D eigenvalue weighted by Crippen LogP contribution is -2.10. The fourth-order valence-electron chi connectivity index (χ4n) is 0.224. The Hall–Kier alpha value is -0.160. The molecule has 0 aromatic rings. The zero-order valence-electron chi connectivity index (χ0n) is 6.72. The minimum Gasteiger partial charge on any atom is -0.395 e. The van der Waals surface area contributed by atoms with E-state index in [0.717, 1.165) is 0 Å². The molecule has 0 amide bonds. The van der Waals surface area contributed by atoms with Gasteiger partial charge in [-0.15, -0.1) is 0 Å². The van der Waals surface area contributed by atoms with Gasteiger partial charge in [-0.25, -0.2) is 0 Å². The Balaban J connectivity index is 0. The third-order valence-corrected chi connectivity index (χ3v) is 0.724. The van der Waals surface area contributed by atoms with Crippen LogP contribution in [0.3, 0.4) is 0 Å². The lowest BCUT2D eigenvalue weighted by Gasteiger charge is -1.84. The molecule has 64 valence electrons. The van der Waals surface area contributed by atoms with Crippen LogP contribution in [0, 0.1) is 0 Å². The van der Waals surface area contributed by atoms with Gasteiger partial charge in [0, 0.05) is 13.1 Å². The van der Waals surface area contributed by atoms with Crippen LogP contribution in [0.1, 0.15) is 0 Å². The van der Waals surface area contributed by atoms with Gasteiger partial charge in [-0.1, -0.05) is 0 Å². The van der Waals surface area contributed by atoms with Crippen LogP contribution in [0.15, 0.2) is 0 Å². The molecule has 0 atom stereocenters. The van der Waals surface area contributed by atoms with Crippen molar-refractivity contribution >= 4 is 0 Å². The lowest BCUT2D eigenvalue weighted by atomic mass is 10.7. The normalized spacial score (nSPS) is 8.40. The van der Waals surface area contributed by atoms with Gasteiger partial charge < -0.3 is 20.8 Å². The average Bonchev–Trinajstić information content (AvgIpc) is 1.93.